The first-order valence-electron chi connectivity index (χ1n) is 9.17. The smallest absolute Gasteiger partial charge is 0.375 e. The number of halogens is 3. The number of piperidine rings is 1. The van der Waals surface area contributed by atoms with Crippen LogP contribution >= 0.6 is 0 Å². The molecule has 1 atom stereocenters. The molecule has 156 valence electrons. The second-order valence-electron chi connectivity index (χ2n) is 7.14. The molecule has 1 amide bonds. The zero-order valence-corrected chi connectivity index (χ0v) is 16.3. The van der Waals surface area contributed by atoms with Crippen molar-refractivity contribution in [2.24, 2.45) is 5.92 Å². The van der Waals surface area contributed by atoms with Crippen LogP contribution in [0.15, 0.2) is 29.2 Å². The Kier molecular flexibility index (Phi) is 6.02. The van der Waals surface area contributed by atoms with Crippen LogP contribution in [0, 0.1) is 5.92 Å². The van der Waals surface area contributed by atoms with Gasteiger partial charge in [0.2, 0.25) is 15.9 Å². The third kappa shape index (κ3) is 4.33. The third-order valence-electron chi connectivity index (χ3n) is 5.17. The predicted molar refractivity (Wildman–Crippen MR) is 94.9 cm³/mol. The van der Waals surface area contributed by atoms with Crippen molar-refractivity contribution in [1.82, 2.24) is 9.21 Å². The van der Waals surface area contributed by atoms with Crippen LogP contribution < -0.4 is 0 Å². The molecule has 0 radical (unpaired) electrons. The highest BCUT2D eigenvalue weighted by Gasteiger charge is 2.40. The van der Waals surface area contributed by atoms with E-state index in [1.165, 1.54) is 6.07 Å². The van der Waals surface area contributed by atoms with Gasteiger partial charge in [-0.25, -0.2) is 8.42 Å². The largest absolute Gasteiger partial charge is 0.417 e. The molecule has 2 saturated heterocycles. The fraction of sp³-hybridized carbons (Fsp3) is 0.611. The number of carbonyl (C=O) groups excluding carboxylic acids is 1. The number of sulfonamides is 1. The van der Waals surface area contributed by atoms with Crippen LogP contribution in [0.3, 0.4) is 0 Å². The number of nitrogens with zero attached hydrogens (tertiary/aromatic N) is 2. The average Bonchev–Trinajstić information content (AvgIpc) is 2.67. The summed E-state index contributed by atoms with van der Waals surface area (Å²) in [4.78, 5) is 13.6. The third-order valence-corrected chi connectivity index (χ3v) is 7.12. The molecular formula is C18H23F3N2O4S. The van der Waals surface area contributed by atoms with Gasteiger partial charge in [0.1, 0.15) is 0 Å². The molecule has 6 nitrogen and oxygen atoms in total. The molecule has 2 aliphatic heterocycles. The van der Waals surface area contributed by atoms with E-state index in [1.807, 2.05) is 6.92 Å². The molecular weight excluding hydrogens is 397 g/mol. The lowest BCUT2D eigenvalue weighted by atomic mass is 9.96. The van der Waals surface area contributed by atoms with Crippen LogP contribution in [0.1, 0.15) is 25.3 Å². The maximum atomic E-state index is 13.2. The molecule has 0 aliphatic carbocycles. The fourth-order valence-corrected chi connectivity index (χ4v) is 5.37. The summed E-state index contributed by atoms with van der Waals surface area (Å²) in [5.74, 6) is -0.363. The highest BCUT2D eigenvalue weighted by molar-refractivity contribution is 7.89. The van der Waals surface area contributed by atoms with Crippen molar-refractivity contribution < 1.29 is 31.1 Å². The van der Waals surface area contributed by atoms with Crippen molar-refractivity contribution in [3.63, 3.8) is 0 Å². The maximum absolute atomic E-state index is 13.2. The first kappa shape index (κ1) is 21.1. The predicted octanol–water partition coefficient (Wildman–Crippen LogP) is 2.35. The van der Waals surface area contributed by atoms with E-state index in [-0.39, 0.29) is 43.9 Å². The topological polar surface area (TPSA) is 66.9 Å². The Labute approximate surface area is 162 Å². The second kappa shape index (κ2) is 8.00. The Morgan fingerprint density at radius 3 is 2.39 bits per heavy atom. The van der Waals surface area contributed by atoms with Crippen LogP contribution in [-0.2, 0) is 25.7 Å². The number of hydrogen-bond acceptors (Lipinski definition) is 4. The van der Waals surface area contributed by atoms with Gasteiger partial charge in [-0.15, -0.1) is 0 Å². The SMILES string of the molecule is CC1CN(C(=O)C2CCN(S(=O)(=O)c3ccccc3C(F)(F)F)CC2)CCO1. The number of morpholine rings is 1. The van der Waals surface area contributed by atoms with E-state index < -0.39 is 26.7 Å². The molecule has 2 fully saturated rings. The molecule has 1 aromatic carbocycles. The normalized spacial score (nSPS) is 23.0. The van der Waals surface area contributed by atoms with Gasteiger partial charge < -0.3 is 9.64 Å². The summed E-state index contributed by atoms with van der Waals surface area (Å²) in [6.45, 7) is 3.38. The van der Waals surface area contributed by atoms with E-state index in [1.54, 1.807) is 4.90 Å². The van der Waals surface area contributed by atoms with Crippen LogP contribution in [-0.4, -0.2) is 62.4 Å². The van der Waals surface area contributed by atoms with Crippen molar-refractivity contribution in [2.45, 2.75) is 36.9 Å². The summed E-state index contributed by atoms with van der Waals surface area (Å²) in [5, 5.41) is 0. The van der Waals surface area contributed by atoms with E-state index in [2.05, 4.69) is 0 Å². The molecule has 0 aromatic heterocycles. The fourth-order valence-electron chi connectivity index (χ4n) is 3.68. The van der Waals surface area contributed by atoms with Gasteiger partial charge in [-0.05, 0) is 31.9 Å². The number of rotatable bonds is 3. The molecule has 1 aromatic rings. The Hall–Kier alpha value is -1.65. The van der Waals surface area contributed by atoms with E-state index in [0.717, 1.165) is 22.5 Å². The van der Waals surface area contributed by atoms with E-state index in [9.17, 15) is 26.4 Å². The summed E-state index contributed by atoms with van der Waals surface area (Å²) >= 11 is 0. The summed E-state index contributed by atoms with van der Waals surface area (Å²) in [7, 11) is -4.29. The van der Waals surface area contributed by atoms with Gasteiger partial charge in [0.05, 0.1) is 23.2 Å². The van der Waals surface area contributed by atoms with Crippen LogP contribution in [0.5, 0.6) is 0 Å². The van der Waals surface area contributed by atoms with Gasteiger partial charge >= 0.3 is 6.18 Å². The van der Waals surface area contributed by atoms with Crippen molar-refractivity contribution in [3.8, 4) is 0 Å². The standard InChI is InChI=1S/C18H23F3N2O4S/c1-13-12-22(10-11-27-13)17(24)14-6-8-23(9-7-14)28(25,26)16-5-3-2-4-15(16)18(19,20)21/h2-5,13-14H,6-12H2,1H3. The van der Waals surface area contributed by atoms with Gasteiger partial charge in [0.15, 0.2) is 0 Å². The quantitative estimate of drug-likeness (QED) is 0.753. The lowest BCUT2D eigenvalue weighted by molar-refractivity contribution is -0.143. The zero-order valence-electron chi connectivity index (χ0n) is 15.5. The summed E-state index contributed by atoms with van der Waals surface area (Å²) < 4.78 is 71.7. The van der Waals surface area contributed by atoms with E-state index >= 15 is 0 Å². The van der Waals surface area contributed by atoms with Gasteiger partial charge in [-0.3, -0.25) is 4.79 Å². The Balaban J connectivity index is 1.70. The lowest BCUT2D eigenvalue weighted by Crippen LogP contribution is -2.49. The van der Waals surface area contributed by atoms with E-state index in [4.69, 9.17) is 4.74 Å². The van der Waals surface area contributed by atoms with Gasteiger partial charge in [0, 0.05) is 32.1 Å². The van der Waals surface area contributed by atoms with Crippen molar-refractivity contribution in [3.05, 3.63) is 29.8 Å². The summed E-state index contributed by atoms with van der Waals surface area (Å²) in [6.07, 6.45) is -4.22. The van der Waals surface area contributed by atoms with Gasteiger partial charge in [-0.1, -0.05) is 12.1 Å². The first-order chi connectivity index (χ1) is 13.1. The van der Waals surface area contributed by atoms with E-state index in [0.29, 0.717) is 19.7 Å². The molecule has 1 unspecified atom stereocenters. The molecule has 0 saturated carbocycles. The highest BCUT2D eigenvalue weighted by atomic mass is 32.2. The van der Waals surface area contributed by atoms with Gasteiger partial charge in [-0.2, -0.15) is 17.5 Å². The lowest BCUT2D eigenvalue weighted by Gasteiger charge is -2.36. The first-order valence-corrected chi connectivity index (χ1v) is 10.6. The molecule has 0 N–H and O–H groups in total. The summed E-state index contributed by atoms with van der Waals surface area (Å²) in [5.41, 5.74) is -1.17. The molecule has 3 rings (SSSR count). The minimum absolute atomic E-state index is 0.0187. The van der Waals surface area contributed by atoms with Crippen LogP contribution in [0.2, 0.25) is 0 Å². The molecule has 2 heterocycles. The number of benzene rings is 1. The minimum Gasteiger partial charge on any atom is -0.375 e. The Morgan fingerprint density at radius 2 is 1.79 bits per heavy atom. The number of alkyl halides is 3. The zero-order chi connectivity index (χ0) is 20.5. The molecule has 28 heavy (non-hydrogen) atoms. The van der Waals surface area contributed by atoms with Crippen LogP contribution in [0.4, 0.5) is 13.2 Å². The second-order valence-corrected chi connectivity index (χ2v) is 9.04. The average molecular weight is 420 g/mol. The molecule has 0 bridgehead atoms. The highest BCUT2D eigenvalue weighted by Crippen LogP contribution is 2.36. The van der Waals surface area contributed by atoms with Crippen molar-refractivity contribution in [1.29, 1.82) is 0 Å². The van der Waals surface area contributed by atoms with Crippen LogP contribution in [0.25, 0.3) is 0 Å². The van der Waals surface area contributed by atoms with Crippen molar-refractivity contribution in [2.75, 3.05) is 32.8 Å². The number of ether oxygens (including phenoxy) is 1. The van der Waals surface area contributed by atoms with Crippen molar-refractivity contribution >= 4 is 15.9 Å². The molecule has 2 aliphatic rings. The minimum atomic E-state index is -4.76. The number of carbonyl (C=O) groups is 1. The monoisotopic (exact) mass is 420 g/mol. The Bertz CT molecular complexity index is 820. The number of amides is 1. The molecule has 10 heteroatoms. The van der Waals surface area contributed by atoms with Gasteiger partial charge in [0.25, 0.3) is 0 Å². The summed E-state index contributed by atoms with van der Waals surface area (Å²) in [6, 6.07) is 4.18. The molecule has 0 spiro atoms. The maximum Gasteiger partial charge on any atom is 0.417 e. The number of hydrogen-bond donors (Lipinski definition) is 0. The Morgan fingerprint density at radius 1 is 1.14 bits per heavy atom.